The summed E-state index contributed by atoms with van der Waals surface area (Å²) in [7, 11) is 0. The van der Waals surface area contributed by atoms with Crippen LogP contribution in [0.15, 0.2) is 24.3 Å². The van der Waals surface area contributed by atoms with E-state index < -0.39 is 5.60 Å². The lowest BCUT2D eigenvalue weighted by atomic mass is 9.94. The zero-order chi connectivity index (χ0) is 13.2. The van der Waals surface area contributed by atoms with Gasteiger partial charge in [-0.05, 0) is 31.9 Å². The fraction of sp³-hybridized carbons (Fsp3) is 0.462. The van der Waals surface area contributed by atoms with Gasteiger partial charge in [0.15, 0.2) is 0 Å². The Hall–Kier alpha value is -1.59. The van der Waals surface area contributed by atoms with Crippen LogP contribution in [0.5, 0.6) is 0 Å². The second-order valence-electron chi connectivity index (χ2n) is 5.02. The third-order valence-electron chi connectivity index (χ3n) is 3.28. The van der Waals surface area contributed by atoms with Crippen molar-refractivity contribution >= 4 is 11.6 Å². The highest BCUT2D eigenvalue weighted by atomic mass is 16.3. The van der Waals surface area contributed by atoms with E-state index in [2.05, 4.69) is 5.43 Å². The molecule has 98 valence electrons. The number of hydrazine groups is 1. The standard InChI is InChI=1S/C13H19N3O2/c1-13(18)7-4-8-16(9-13)12(17)10-5-2-3-6-11(10)15-14/h2-3,5-6,15,18H,4,7-9,14H2,1H3. The van der Waals surface area contributed by atoms with Crippen molar-refractivity contribution in [1.82, 2.24) is 4.90 Å². The van der Waals surface area contributed by atoms with Crippen LogP contribution in [0.3, 0.4) is 0 Å². The molecular weight excluding hydrogens is 230 g/mol. The molecule has 2 rings (SSSR count). The highest BCUT2D eigenvalue weighted by molar-refractivity contribution is 5.99. The van der Waals surface area contributed by atoms with Crippen LogP contribution < -0.4 is 11.3 Å². The van der Waals surface area contributed by atoms with Crippen molar-refractivity contribution < 1.29 is 9.90 Å². The van der Waals surface area contributed by atoms with Gasteiger partial charge < -0.3 is 15.4 Å². The average molecular weight is 249 g/mol. The first kappa shape index (κ1) is 12.9. The molecule has 1 aromatic rings. The van der Waals surface area contributed by atoms with Gasteiger partial charge in [0, 0.05) is 13.1 Å². The number of rotatable bonds is 2. The number of β-amino-alcohol motifs (C(OH)–C–C–N with tert-alkyl or cyclic N) is 1. The van der Waals surface area contributed by atoms with Gasteiger partial charge in [-0.15, -0.1) is 0 Å². The van der Waals surface area contributed by atoms with E-state index in [9.17, 15) is 9.90 Å². The van der Waals surface area contributed by atoms with Crippen LogP contribution in [0.4, 0.5) is 5.69 Å². The maximum atomic E-state index is 12.4. The summed E-state index contributed by atoms with van der Waals surface area (Å²) in [6.45, 7) is 2.80. The molecule has 0 radical (unpaired) electrons. The Morgan fingerprint density at radius 1 is 1.50 bits per heavy atom. The van der Waals surface area contributed by atoms with E-state index >= 15 is 0 Å². The van der Waals surface area contributed by atoms with Gasteiger partial charge in [0.1, 0.15) is 0 Å². The normalized spacial score (nSPS) is 23.8. The number of anilines is 1. The van der Waals surface area contributed by atoms with E-state index in [-0.39, 0.29) is 5.91 Å². The molecule has 1 saturated heterocycles. The number of piperidine rings is 1. The largest absolute Gasteiger partial charge is 0.388 e. The minimum absolute atomic E-state index is 0.0940. The van der Waals surface area contributed by atoms with Gasteiger partial charge in [-0.1, -0.05) is 12.1 Å². The Bertz CT molecular complexity index is 446. The van der Waals surface area contributed by atoms with Crippen LogP contribution in [-0.4, -0.2) is 34.6 Å². The average Bonchev–Trinajstić information content (AvgIpc) is 2.36. The van der Waals surface area contributed by atoms with E-state index in [0.29, 0.717) is 24.3 Å². The highest BCUT2D eigenvalue weighted by Gasteiger charge is 2.31. The summed E-state index contributed by atoms with van der Waals surface area (Å²) in [6.07, 6.45) is 1.55. The van der Waals surface area contributed by atoms with Crippen LogP contribution in [-0.2, 0) is 0 Å². The number of nitrogens with two attached hydrogens (primary N) is 1. The van der Waals surface area contributed by atoms with Crippen molar-refractivity contribution in [2.45, 2.75) is 25.4 Å². The fourth-order valence-electron chi connectivity index (χ4n) is 2.36. The predicted molar refractivity (Wildman–Crippen MR) is 70.0 cm³/mol. The van der Waals surface area contributed by atoms with Crippen LogP contribution >= 0.6 is 0 Å². The molecule has 1 amide bonds. The maximum Gasteiger partial charge on any atom is 0.256 e. The first-order valence-electron chi connectivity index (χ1n) is 6.11. The molecular formula is C13H19N3O2. The number of benzene rings is 1. The number of carbonyl (C=O) groups excluding carboxylic acids is 1. The summed E-state index contributed by atoms with van der Waals surface area (Å²) in [5.74, 6) is 5.31. The van der Waals surface area contributed by atoms with Gasteiger partial charge in [-0.25, -0.2) is 0 Å². The Morgan fingerprint density at radius 2 is 2.22 bits per heavy atom. The molecule has 1 aromatic carbocycles. The lowest BCUT2D eigenvalue weighted by Crippen LogP contribution is -2.48. The van der Waals surface area contributed by atoms with Crippen LogP contribution in [0.2, 0.25) is 0 Å². The third-order valence-corrected chi connectivity index (χ3v) is 3.28. The first-order chi connectivity index (χ1) is 8.53. The molecule has 1 aliphatic heterocycles. The van der Waals surface area contributed by atoms with Crippen molar-refractivity contribution in [1.29, 1.82) is 0 Å². The van der Waals surface area contributed by atoms with E-state index in [4.69, 9.17) is 5.84 Å². The SMILES string of the molecule is CC1(O)CCCN(C(=O)c2ccccc2NN)C1. The van der Waals surface area contributed by atoms with E-state index in [1.165, 1.54) is 0 Å². The molecule has 4 N–H and O–H groups in total. The number of nitrogen functional groups attached to an aromatic ring is 1. The van der Waals surface area contributed by atoms with Crippen molar-refractivity contribution in [3.8, 4) is 0 Å². The molecule has 0 aliphatic carbocycles. The summed E-state index contributed by atoms with van der Waals surface area (Å²) < 4.78 is 0. The zero-order valence-electron chi connectivity index (χ0n) is 10.5. The number of nitrogens with one attached hydrogen (secondary N) is 1. The Labute approximate surface area is 107 Å². The summed E-state index contributed by atoms with van der Waals surface area (Å²) >= 11 is 0. The van der Waals surface area contributed by atoms with Gasteiger partial charge in [0.2, 0.25) is 0 Å². The summed E-state index contributed by atoms with van der Waals surface area (Å²) in [5.41, 5.74) is 2.88. The second kappa shape index (κ2) is 4.96. The van der Waals surface area contributed by atoms with E-state index in [1.807, 2.05) is 6.07 Å². The van der Waals surface area contributed by atoms with E-state index in [1.54, 1.807) is 30.0 Å². The van der Waals surface area contributed by atoms with Crippen LogP contribution in [0.1, 0.15) is 30.1 Å². The Balaban J connectivity index is 2.20. The lowest BCUT2D eigenvalue weighted by molar-refractivity contribution is -0.0107. The number of para-hydroxylation sites is 1. The van der Waals surface area contributed by atoms with Gasteiger partial charge in [-0.2, -0.15) is 0 Å². The van der Waals surface area contributed by atoms with Crippen molar-refractivity contribution in [2.75, 3.05) is 18.5 Å². The van der Waals surface area contributed by atoms with Crippen molar-refractivity contribution in [3.05, 3.63) is 29.8 Å². The number of nitrogens with zero attached hydrogens (tertiary/aromatic N) is 1. The summed E-state index contributed by atoms with van der Waals surface area (Å²) in [4.78, 5) is 14.1. The predicted octanol–water partition coefficient (Wildman–Crippen LogP) is 0.959. The molecule has 18 heavy (non-hydrogen) atoms. The highest BCUT2D eigenvalue weighted by Crippen LogP contribution is 2.23. The number of aliphatic hydroxyl groups is 1. The smallest absolute Gasteiger partial charge is 0.256 e. The minimum Gasteiger partial charge on any atom is -0.388 e. The molecule has 1 fully saturated rings. The van der Waals surface area contributed by atoms with E-state index in [0.717, 1.165) is 12.8 Å². The third kappa shape index (κ3) is 2.63. The first-order valence-corrected chi connectivity index (χ1v) is 6.11. The molecule has 0 saturated carbocycles. The van der Waals surface area contributed by atoms with Gasteiger partial charge >= 0.3 is 0 Å². The maximum absolute atomic E-state index is 12.4. The fourth-order valence-corrected chi connectivity index (χ4v) is 2.36. The lowest BCUT2D eigenvalue weighted by Gasteiger charge is -2.37. The van der Waals surface area contributed by atoms with Crippen LogP contribution in [0.25, 0.3) is 0 Å². The number of hydrogen-bond acceptors (Lipinski definition) is 4. The number of likely N-dealkylation sites (tertiary alicyclic amines) is 1. The summed E-state index contributed by atoms with van der Waals surface area (Å²) in [6, 6.07) is 7.12. The molecule has 1 heterocycles. The molecule has 0 bridgehead atoms. The van der Waals surface area contributed by atoms with Gasteiger partial charge in [0.05, 0.1) is 16.9 Å². The molecule has 0 spiro atoms. The zero-order valence-corrected chi connectivity index (χ0v) is 10.5. The summed E-state index contributed by atoms with van der Waals surface area (Å²) in [5, 5.41) is 10.0. The number of hydrogen-bond donors (Lipinski definition) is 3. The quantitative estimate of drug-likeness (QED) is 0.539. The molecule has 0 aromatic heterocycles. The monoisotopic (exact) mass is 249 g/mol. The number of carbonyl (C=O) groups is 1. The Morgan fingerprint density at radius 3 is 2.89 bits per heavy atom. The molecule has 1 aliphatic rings. The van der Waals surface area contributed by atoms with Gasteiger partial charge in [-0.3, -0.25) is 10.6 Å². The molecule has 1 unspecified atom stereocenters. The Kier molecular flexibility index (Phi) is 3.54. The minimum atomic E-state index is -0.793. The molecule has 5 heteroatoms. The topological polar surface area (TPSA) is 78.6 Å². The van der Waals surface area contributed by atoms with Crippen molar-refractivity contribution in [3.63, 3.8) is 0 Å². The number of amides is 1. The van der Waals surface area contributed by atoms with Crippen molar-refractivity contribution in [2.24, 2.45) is 5.84 Å². The van der Waals surface area contributed by atoms with Crippen LogP contribution in [0, 0.1) is 0 Å². The van der Waals surface area contributed by atoms with Gasteiger partial charge in [0.25, 0.3) is 5.91 Å². The second-order valence-corrected chi connectivity index (χ2v) is 5.02. The molecule has 1 atom stereocenters. The molecule has 5 nitrogen and oxygen atoms in total.